The van der Waals surface area contributed by atoms with Crippen LogP contribution < -0.4 is 0 Å². The van der Waals surface area contributed by atoms with Gasteiger partial charge in [0.1, 0.15) is 0 Å². The SMILES string of the molecule is Cc1ccsc1CN(C)C(=O)c1c(C)nn(Cc2ccccc2)c1C. The Labute approximate surface area is 152 Å². The quantitative estimate of drug-likeness (QED) is 0.690. The molecular weight excluding hydrogens is 330 g/mol. The normalized spacial score (nSPS) is 10.9. The van der Waals surface area contributed by atoms with E-state index in [4.69, 9.17) is 0 Å². The van der Waals surface area contributed by atoms with Gasteiger partial charge in [-0.3, -0.25) is 9.48 Å². The fourth-order valence-electron chi connectivity index (χ4n) is 2.96. The summed E-state index contributed by atoms with van der Waals surface area (Å²) in [7, 11) is 1.86. The van der Waals surface area contributed by atoms with E-state index in [9.17, 15) is 4.79 Å². The van der Waals surface area contributed by atoms with Crippen molar-refractivity contribution in [3.63, 3.8) is 0 Å². The summed E-state index contributed by atoms with van der Waals surface area (Å²) >= 11 is 1.69. The van der Waals surface area contributed by atoms with Crippen molar-refractivity contribution in [3.05, 3.63) is 74.7 Å². The number of amides is 1. The molecule has 0 unspecified atom stereocenters. The van der Waals surface area contributed by atoms with Gasteiger partial charge >= 0.3 is 0 Å². The first-order valence-electron chi connectivity index (χ1n) is 8.33. The number of aromatic nitrogens is 2. The Balaban J connectivity index is 1.82. The fraction of sp³-hybridized carbons (Fsp3) is 0.300. The first-order chi connectivity index (χ1) is 12.0. The maximum atomic E-state index is 13.0. The monoisotopic (exact) mass is 353 g/mol. The second kappa shape index (κ2) is 7.23. The average molecular weight is 353 g/mol. The van der Waals surface area contributed by atoms with E-state index < -0.39 is 0 Å². The molecular formula is C20H23N3OS. The zero-order chi connectivity index (χ0) is 18.0. The molecule has 25 heavy (non-hydrogen) atoms. The molecule has 2 aromatic heterocycles. The molecule has 0 saturated heterocycles. The first-order valence-corrected chi connectivity index (χ1v) is 9.21. The van der Waals surface area contributed by atoms with Crippen molar-refractivity contribution in [1.82, 2.24) is 14.7 Å². The molecule has 5 heteroatoms. The highest BCUT2D eigenvalue weighted by atomic mass is 32.1. The Kier molecular flexibility index (Phi) is 5.04. The van der Waals surface area contributed by atoms with Crippen LogP contribution in [0.2, 0.25) is 0 Å². The molecule has 0 aliphatic heterocycles. The number of thiophene rings is 1. The lowest BCUT2D eigenvalue weighted by atomic mass is 10.1. The number of aryl methyl sites for hydroxylation is 2. The molecule has 130 valence electrons. The summed E-state index contributed by atoms with van der Waals surface area (Å²) in [4.78, 5) is 16.0. The average Bonchev–Trinajstić information content (AvgIpc) is 3.11. The minimum Gasteiger partial charge on any atom is -0.336 e. The number of hydrogen-bond acceptors (Lipinski definition) is 3. The van der Waals surface area contributed by atoms with E-state index in [0.29, 0.717) is 18.7 Å². The van der Waals surface area contributed by atoms with Gasteiger partial charge in [0.15, 0.2) is 0 Å². The van der Waals surface area contributed by atoms with Crippen molar-refractivity contribution in [1.29, 1.82) is 0 Å². The van der Waals surface area contributed by atoms with Crippen LogP contribution in [0.3, 0.4) is 0 Å². The van der Waals surface area contributed by atoms with Gasteiger partial charge < -0.3 is 4.90 Å². The van der Waals surface area contributed by atoms with Gasteiger partial charge in [-0.2, -0.15) is 5.10 Å². The molecule has 2 heterocycles. The first kappa shape index (κ1) is 17.4. The smallest absolute Gasteiger partial charge is 0.257 e. The van der Waals surface area contributed by atoms with Crippen molar-refractivity contribution in [2.75, 3.05) is 7.05 Å². The number of hydrogen-bond donors (Lipinski definition) is 0. The Morgan fingerprint density at radius 3 is 2.52 bits per heavy atom. The van der Waals surface area contributed by atoms with E-state index in [1.165, 1.54) is 16.0 Å². The molecule has 0 atom stereocenters. The lowest BCUT2D eigenvalue weighted by Crippen LogP contribution is -2.27. The van der Waals surface area contributed by atoms with Crippen LogP contribution in [0, 0.1) is 20.8 Å². The molecule has 0 saturated carbocycles. The molecule has 0 aliphatic rings. The molecule has 0 radical (unpaired) electrons. The van der Waals surface area contributed by atoms with Crippen LogP contribution in [-0.4, -0.2) is 27.6 Å². The zero-order valence-corrected chi connectivity index (χ0v) is 15.9. The number of carbonyl (C=O) groups excluding carboxylic acids is 1. The highest BCUT2D eigenvalue weighted by Crippen LogP contribution is 2.21. The molecule has 0 spiro atoms. The van der Waals surface area contributed by atoms with E-state index in [1.54, 1.807) is 16.2 Å². The summed E-state index contributed by atoms with van der Waals surface area (Å²) in [6.45, 7) is 7.27. The predicted molar refractivity (Wildman–Crippen MR) is 102 cm³/mol. The summed E-state index contributed by atoms with van der Waals surface area (Å²) in [6, 6.07) is 12.3. The van der Waals surface area contributed by atoms with Crippen molar-refractivity contribution >= 4 is 17.2 Å². The lowest BCUT2D eigenvalue weighted by Gasteiger charge is -2.17. The molecule has 0 bridgehead atoms. The Bertz CT molecular complexity index is 880. The highest BCUT2D eigenvalue weighted by molar-refractivity contribution is 7.10. The molecule has 0 N–H and O–H groups in total. The van der Waals surface area contributed by atoms with Gasteiger partial charge in [0.2, 0.25) is 0 Å². The Morgan fingerprint density at radius 2 is 1.88 bits per heavy atom. The number of nitrogens with zero attached hydrogens (tertiary/aromatic N) is 3. The van der Waals surface area contributed by atoms with Crippen molar-refractivity contribution in [2.45, 2.75) is 33.9 Å². The second-order valence-corrected chi connectivity index (χ2v) is 7.38. The van der Waals surface area contributed by atoms with E-state index in [2.05, 4.69) is 35.6 Å². The van der Waals surface area contributed by atoms with Crippen molar-refractivity contribution < 1.29 is 4.79 Å². The van der Waals surface area contributed by atoms with Gasteiger partial charge in [0.25, 0.3) is 5.91 Å². The third-order valence-electron chi connectivity index (χ3n) is 4.47. The Hall–Kier alpha value is -2.40. The summed E-state index contributed by atoms with van der Waals surface area (Å²) in [5.41, 5.74) is 4.83. The van der Waals surface area contributed by atoms with Gasteiger partial charge in [0.05, 0.1) is 24.3 Å². The molecule has 3 rings (SSSR count). The van der Waals surface area contributed by atoms with E-state index in [-0.39, 0.29) is 5.91 Å². The topological polar surface area (TPSA) is 38.1 Å². The minimum atomic E-state index is 0.0297. The standard InChI is InChI=1S/C20H23N3OS/c1-14-10-11-25-18(14)13-22(4)20(24)19-15(2)21-23(16(19)3)12-17-8-6-5-7-9-17/h5-11H,12-13H2,1-4H3. The second-order valence-electron chi connectivity index (χ2n) is 6.38. The summed E-state index contributed by atoms with van der Waals surface area (Å²) in [6.07, 6.45) is 0. The zero-order valence-electron chi connectivity index (χ0n) is 15.1. The highest BCUT2D eigenvalue weighted by Gasteiger charge is 2.22. The molecule has 0 aliphatic carbocycles. The van der Waals surface area contributed by atoms with Gasteiger partial charge in [-0.05, 0) is 43.3 Å². The molecule has 1 amide bonds. The van der Waals surface area contributed by atoms with Crippen LogP contribution in [-0.2, 0) is 13.1 Å². The molecule has 1 aromatic carbocycles. The maximum Gasteiger partial charge on any atom is 0.257 e. The number of rotatable bonds is 5. The van der Waals surface area contributed by atoms with Gasteiger partial charge in [-0.1, -0.05) is 30.3 Å². The summed E-state index contributed by atoms with van der Waals surface area (Å²) in [5, 5.41) is 6.66. The van der Waals surface area contributed by atoms with Crippen molar-refractivity contribution in [2.24, 2.45) is 0 Å². The van der Waals surface area contributed by atoms with Crippen LogP contribution in [0.5, 0.6) is 0 Å². The van der Waals surface area contributed by atoms with Gasteiger partial charge in [-0.25, -0.2) is 0 Å². The van der Waals surface area contributed by atoms with Crippen LogP contribution >= 0.6 is 11.3 Å². The predicted octanol–water partition coefficient (Wildman–Crippen LogP) is 4.19. The Morgan fingerprint density at radius 1 is 1.16 bits per heavy atom. The van der Waals surface area contributed by atoms with E-state index in [1.807, 2.05) is 43.8 Å². The fourth-order valence-corrected chi connectivity index (χ4v) is 3.92. The lowest BCUT2D eigenvalue weighted by molar-refractivity contribution is 0.0784. The van der Waals surface area contributed by atoms with Gasteiger partial charge in [-0.15, -0.1) is 11.3 Å². The largest absolute Gasteiger partial charge is 0.336 e. The maximum absolute atomic E-state index is 13.0. The molecule has 0 fully saturated rings. The minimum absolute atomic E-state index is 0.0297. The van der Waals surface area contributed by atoms with Crippen LogP contribution in [0.1, 0.15) is 37.7 Å². The van der Waals surface area contributed by atoms with Crippen molar-refractivity contribution in [3.8, 4) is 0 Å². The van der Waals surface area contributed by atoms with Gasteiger partial charge in [0, 0.05) is 17.6 Å². The molecule has 4 nitrogen and oxygen atoms in total. The summed E-state index contributed by atoms with van der Waals surface area (Å²) in [5.74, 6) is 0.0297. The molecule has 3 aromatic rings. The van der Waals surface area contributed by atoms with Crippen LogP contribution in [0.15, 0.2) is 41.8 Å². The van der Waals surface area contributed by atoms with E-state index >= 15 is 0 Å². The summed E-state index contributed by atoms with van der Waals surface area (Å²) < 4.78 is 1.92. The van der Waals surface area contributed by atoms with Crippen LogP contribution in [0.25, 0.3) is 0 Å². The number of benzene rings is 1. The van der Waals surface area contributed by atoms with E-state index in [0.717, 1.165) is 11.4 Å². The van der Waals surface area contributed by atoms with Crippen LogP contribution in [0.4, 0.5) is 0 Å². The third-order valence-corrected chi connectivity index (χ3v) is 5.47. The third kappa shape index (κ3) is 3.66. The number of carbonyl (C=O) groups is 1.